The highest BCUT2D eigenvalue weighted by Crippen LogP contribution is 2.28. The lowest BCUT2D eigenvalue weighted by atomic mass is 10.2. The van der Waals surface area contributed by atoms with Gasteiger partial charge < -0.3 is 0 Å². The van der Waals surface area contributed by atoms with Crippen molar-refractivity contribution >= 4 is 17.0 Å². The lowest BCUT2D eigenvalue weighted by Gasteiger charge is -2.20. The second-order valence-electron chi connectivity index (χ2n) is 4.27. The van der Waals surface area contributed by atoms with E-state index in [-0.39, 0.29) is 17.8 Å². The summed E-state index contributed by atoms with van der Waals surface area (Å²) in [6, 6.07) is 7.17. The van der Waals surface area contributed by atoms with Crippen LogP contribution in [0.1, 0.15) is 11.3 Å². The van der Waals surface area contributed by atoms with Gasteiger partial charge in [-0.3, -0.25) is 13.8 Å². The van der Waals surface area contributed by atoms with Gasteiger partial charge in [-0.2, -0.15) is 13.2 Å². The van der Waals surface area contributed by atoms with Crippen LogP contribution in [0.4, 0.5) is 23.2 Å². The minimum atomic E-state index is -4.57. The first-order valence-electron chi connectivity index (χ1n) is 5.94. The number of benzene rings is 1. The van der Waals surface area contributed by atoms with E-state index in [2.05, 4.69) is 4.98 Å². The summed E-state index contributed by atoms with van der Waals surface area (Å²) in [4.78, 5) is 3.25. The fourth-order valence-electron chi connectivity index (χ4n) is 1.73. The molecule has 2 rings (SSSR count). The molecule has 22 heavy (non-hydrogen) atoms. The Morgan fingerprint density at radius 3 is 2.36 bits per heavy atom. The molecule has 1 aromatic carbocycles. The molecule has 1 aromatic heterocycles. The van der Waals surface area contributed by atoms with Crippen LogP contribution in [-0.2, 0) is 24.0 Å². The van der Waals surface area contributed by atoms with Gasteiger partial charge in [0.1, 0.15) is 11.5 Å². The highest BCUT2D eigenvalue weighted by Gasteiger charge is 2.32. The first-order chi connectivity index (χ1) is 10.3. The first-order valence-corrected chi connectivity index (χ1v) is 7.00. The standard InChI is InChI=1S/C13H10F4N2O2S/c14-10-3-1-2-4-11(10)19(22(20)21)8-9-5-6-12(18-7-9)13(15,16)17/h1-7H,8H2,(H,20,21). The Kier molecular flexibility index (Phi) is 4.77. The zero-order chi connectivity index (χ0) is 16.3. The number of aromatic nitrogens is 1. The van der Waals surface area contributed by atoms with Crippen molar-refractivity contribution < 1.29 is 26.3 Å². The van der Waals surface area contributed by atoms with E-state index in [4.69, 9.17) is 0 Å². The van der Waals surface area contributed by atoms with E-state index in [1.165, 1.54) is 18.2 Å². The molecule has 0 bridgehead atoms. The molecule has 0 radical (unpaired) electrons. The average Bonchev–Trinajstić information content (AvgIpc) is 2.45. The third-order valence-corrected chi connectivity index (χ3v) is 3.45. The van der Waals surface area contributed by atoms with Gasteiger partial charge in [-0.05, 0) is 23.8 Å². The Bertz CT molecular complexity index is 676. The van der Waals surface area contributed by atoms with E-state index in [1.807, 2.05) is 0 Å². The van der Waals surface area contributed by atoms with Gasteiger partial charge in [0.2, 0.25) is 0 Å². The van der Waals surface area contributed by atoms with Crippen molar-refractivity contribution in [1.82, 2.24) is 4.98 Å². The third-order valence-electron chi connectivity index (χ3n) is 2.75. The Hall–Kier alpha value is -2.00. The molecule has 0 saturated carbocycles. The molecule has 2 aromatic rings. The lowest BCUT2D eigenvalue weighted by Crippen LogP contribution is -2.25. The zero-order valence-electron chi connectivity index (χ0n) is 10.9. The van der Waals surface area contributed by atoms with Gasteiger partial charge in [-0.1, -0.05) is 18.2 Å². The average molecular weight is 334 g/mol. The summed E-state index contributed by atoms with van der Waals surface area (Å²) in [6.45, 7) is -0.269. The molecule has 0 spiro atoms. The number of hydrogen-bond acceptors (Lipinski definition) is 2. The normalized spacial score (nSPS) is 13.0. The Morgan fingerprint density at radius 1 is 1.18 bits per heavy atom. The Morgan fingerprint density at radius 2 is 1.86 bits per heavy atom. The predicted octanol–water partition coefficient (Wildman–Crippen LogP) is 3.38. The molecule has 0 aliphatic rings. The van der Waals surface area contributed by atoms with Crippen LogP contribution in [-0.4, -0.2) is 13.7 Å². The minimum Gasteiger partial charge on any atom is -0.289 e. The molecule has 1 unspecified atom stereocenters. The summed E-state index contributed by atoms with van der Waals surface area (Å²) in [5.74, 6) is -0.718. The van der Waals surface area contributed by atoms with Crippen LogP contribution < -0.4 is 4.31 Å². The molecule has 1 N–H and O–H groups in total. The maximum absolute atomic E-state index is 13.7. The molecular formula is C13H10F4N2O2S. The molecule has 1 atom stereocenters. The monoisotopic (exact) mass is 334 g/mol. The van der Waals surface area contributed by atoms with Crippen molar-refractivity contribution in [2.75, 3.05) is 4.31 Å². The van der Waals surface area contributed by atoms with Crippen LogP contribution in [0.3, 0.4) is 0 Å². The van der Waals surface area contributed by atoms with Crippen molar-refractivity contribution in [3.63, 3.8) is 0 Å². The van der Waals surface area contributed by atoms with Gasteiger partial charge >= 0.3 is 6.18 Å². The fraction of sp³-hybridized carbons (Fsp3) is 0.154. The maximum Gasteiger partial charge on any atom is 0.433 e. The molecule has 0 amide bonds. The van der Waals surface area contributed by atoms with Gasteiger partial charge in [0.15, 0.2) is 0 Å². The second-order valence-corrected chi connectivity index (χ2v) is 5.17. The van der Waals surface area contributed by atoms with Crippen molar-refractivity contribution in [1.29, 1.82) is 0 Å². The van der Waals surface area contributed by atoms with Gasteiger partial charge in [0.05, 0.1) is 12.2 Å². The predicted molar refractivity (Wildman–Crippen MR) is 72.6 cm³/mol. The van der Waals surface area contributed by atoms with E-state index >= 15 is 0 Å². The summed E-state index contributed by atoms with van der Waals surface area (Å²) in [5.41, 5.74) is -0.972. The number of pyridine rings is 1. The first kappa shape index (κ1) is 16.4. The van der Waals surface area contributed by atoms with E-state index in [1.54, 1.807) is 0 Å². The molecule has 4 nitrogen and oxygen atoms in total. The van der Waals surface area contributed by atoms with Crippen LogP contribution in [0.15, 0.2) is 42.6 Å². The molecule has 0 saturated heterocycles. The van der Waals surface area contributed by atoms with Crippen molar-refractivity contribution in [3.05, 3.63) is 59.7 Å². The van der Waals surface area contributed by atoms with E-state index in [9.17, 15) is 26.3 Å². The number of para-hydroxylation sites is 1. The quantitative estimate of drug-likeness (QED) is 0.689. The molecule has 118 valence electrons. The highest BCUT2D eigenvalue weighted by molar-refractivity contribution is 7.80. The molecule has 0 fully saturated rings. The fourth-order valence-corrected chi connectivity index (χ4v) is 2.31. The minimum absolute atomic E-state index is 0.136. The summed E-state index contributed by atoms with van der Waals surface area (Å²) in [5, 5.41) is 0. The van der Waals surface area contributed by atoms with E-state index < -0.39 is 29.0 Å². The van der Waals surface area contributed by atoms with Gasteiger partial charge in [-0.25, -0.2) is 8.60 Å². The highest BCUT2D eigenvalue weighted by atomic mass is 32.2. The molecular weight excluding hydrogens is 324 g/mol. The number of alkyl halides is 3. The van der Waals surface area contributed by atoms with Gasteiger partial charge in [0.25, 0.3) is 11.3 Å². The van der Waals surface area contributed by atoms with Gasteiger partial charge in [-0.15, -0.1) is 0 Å². The van der Waals surface area contributed by atoms with Crippen LogP contribution in [0, 0.1) is 5.82 Å². The molecule has 0 aliphatic carbocycles. The summed E-state index contributed by atoms with van der Waals surface area (Å²) in [6.07, 6.45) is -3.63. The summed E-state index contributed by atoms with van der Waals surface area (Å²) < 4.78 is 72.3. The largest absolute Gasteiger partial charge is 0.433 e. The van der Waals surface area contributed by atoms with Crippen molar-refractivity contribution in [3.8, 4) is 0 Å². The second kappa shape index (κ2) is 6.41. The zero-order valence-corrected chi connectivity index (χ0v) is 11.7. The number of nitrogens with zero attached hydrogens (tertiary/aromatic N) is 2. The molecule has 9 heteroatoms. The Balaban J connectivity index is 2.26. The summed E-state index contributed by atoms with van der Waals surface area (Å²) in [7, 11) is 0. The topological polar surface area (TPSA) is 53.4 Å². The number of anilines is 1. The number of halogens is 4. The smallest absolute Gasteiger partial charge is 0.289 e. The summed E-state index contributed by atoms with van der Waals surface area (Å²) >= 11 is -2.54. The van der Waals surface area contributed by atoms with Gasteiger partial charge in [0, 0.05) is 6.20 Å². The van der Waals surface area contributed by atoms with Crippen molar-refractivity contribution in [2.45, 2.75) is 12.7 Å². The van der Waals surface area contributed by atoms with Crippen molar-refractivity contribution in [2.24, 2.45) is 0 Å². The molecule has 0 aliphatic heterocycles. The van der Waals surface area contributed by atoms with Crippen LogP contribution in [0.2, 0.25) is 0 Å². The van der Waals surface area contributed by atoms with Crippen LogP contribution in [0.25, 0.3) is 0 Å². The van der Waals surface area contributed by atoms with E-state index in [0.29, 0.717) is 0 Å². The number of hydrogen-bond donors (Lipinski definition) is 1. The molecule has 1 heterocycles. The van der Waals surface area contributed by atoms with E-state index in [0.717, 1.165) is 28.7 Å². The SMILES string of the molecule is O=S(O)N(Cc1ccc(C(F)(F)F)nc1)c1ccccc1F. The van der Waals surface area contributed by atoms with Crippen LogP contribution in [0.5, 0.6) is 0 Å². The third kappa shape index (κ3) is 3.80. The number of rotatable bonds is 4. The maximum atomic E-state index is 13.7. The lowest BCUT2D eigenvalue weighted by molar-refractivity contribution is -0.141. The van der Waals surface area contributed by atoms with Crippen LogP contribution >= 0.6 is 0 Å². The Labute approximate surface area is 125 Å².